The molecular formula is C40H75O2PS2. The van der Waals surface area contributed by atoms with Crippen molar-refractivity contribution in [2.75, 3.05) is 0 Å². The van der Waals surface area contributed by atoms with E-state index in [1.165, 1.54) is 204 Å². The molecule has 0 saturated heterocycles. The van der Waals surface area contributed by atoms with Crippen LogP contribution in [0.1, 0.15) is 218 Å². The highest BCUT2D eigenvalue weighted by Gasteiger charge is 2.16. The largest absolute Gasteiger partial charge is 0.337 e. The summed E-state index contributed by atoms with van der Waals surface area (Å²) in [6.45, 7) is 4.58. The summed E-state index contributed by atoms with van der Waals surface area (Å²) in [6.07, 6.45) is 43.6. The lowest BCUT2D eigenvalue weighted by Gasteiger charge is -2.16. The van der Waals surface area contributed by atoms with E-state index in [0.29, 0.717) is 0 Å². The van der Waals surface area contributed by atoms with Crippen LogP contribution in [-0.4, -0.2) is 9.79 Å². The molecule has 0 radical (unpaired) electrons. The molecule has 0 bridgehead atoms. The smallest absolute Gasteiger partial charge is 0.246 e. The van der Waals surface area contributed by atoms with Crippen LogP contribution >= 0.6 is 17.1 Å². The summed E-state index contributed by atoms with van der Waals surface area (Å²) in [5, 5.41) is 0. The van der Waals surface area contributed by atoms with E-state index >= 15 is 0 Å². The van der Waals surface area contributed by atoms with Crippen LogP contribution in [0.3, 0.4) is 0 Å². The van der Waals surface area contributed by atoms with Crippen LogP contribution in [0.2, 0.25) is 0 Å². The molecular weight excluding hydrogens is 608 g/mol. The molecule has 5 heteroatoms. The van der Waals surface area contributed by atoms with Crippen molar-refractivity contribution in [2.45, 2.75) is 224 Å². The Morgan fingerprint density at radius 1 is 0.467 bits per heavy atom. The molecule has 1 rings (SSSR count). The standard InChI is InChI=1S/C40H75O2PS2/c1-3-5-7-9-11-13-15-17-19-21-23-25-27-29-31-34-38-35-33-37-40(45-43(41,42)44)39(38)36-32-30-28-26-24-22-20-18-16-14-12-10-8-6-4-2/h33,35,37H,3-32,34,36H2,1-2H3,(H2,41,42,44). The Balaban J connectivity index is 2.20. The van der Waals surface area contributed by atoms with Crippen molar-refractivity contribution in [3.63, 3.8) is 0 Å². The van der Waals surface area contributed by atoms with Gasteiger partial charge in [0, 0.05) is 4.90 Å². The highest BCUT2D eigenvalue weighted by molar-refractivity contribution is 8.67. The second-order valence-corrected chi connectivity index (χ2v) is 19.8. The molecule has 0 fully saturated rings. The Morgan fingerprint density at radius 3 is 1.11 bits per heavy atom. The average Bonchev–Trinajstić information content (AvgIpc) is 3.01. The lowest BCUT2D eigenvalue weighted by molar-refractivity contribution is 0.502. The molecule has 0 aliphatic rings. The van der Waals surface area contributed by atoms with Gasteiger partial charge in [-0.05, 0) is 66.1 Å². The van der Waals surface area contributed by atoms with Gasteiger partial charge in [0.25, 0.3) is 0 Å². The molecule has 264 valence electrons. The quantitative estimate of drug-likeness (QED) is 0.0561. The predicted molar refractivity (Wildman–Crippen MR) is 208 cm³/mol. The summed E-state index contributed by atoms with van der Waals surface area (Å²) in [5.41, 5.74) is -0.583. The molecule has 2 N–H and O–H groups in total. The normalized spacial score (nSPS) is 11.9. The van der Waals surface area contributed by atoms with E-state index in [9.17, 15) is 9.79 Å². The van der Waals surface area contributed by atoms with Crippen molar-refractivity contribution in [3.8, 4) is 0 Å². The van der Waals surface area contributed by atoms with Crippen LogP contribution in [-0.2, 0) is 24.6 Å². The van der Waals surface area contributed by atoms with Gasteiger partial charge in [-0.2, -0.15) is 0 Å². The van der Waals surface area contributed by atoms with Gasteiger partial charge in [0.05, 0.1) is 0 Å². The molecule has 45 heavy (non-hydrogen) atoms. The zero-order valence-corrected chi connectivity index (χ0v) is 32.5. The average molecular weight is 683 g/mol. The van der Waals surface area contributed by atoms with Crippen LogP contribution in [0.4, 0.5) is 0 Å². The summed E-state index contributed by atoms with van der Waals surface area (Å²) in [6, 6.07) is 6.41. The Bertz CT molecular complexity index is 825. The van der Waals surface area contributed by atoms with Gasteiger partial charge in [-0.15, -0.1) is 0 Å². The Kier molecular flexibility index (Phi) is 30.1. The van der Waals surface area contributed by atoms with Crippen molar-refractivity contribution in [3.05, 3.63) is 29.3 Å². The van der Waals surface area contributed by atoms with Gasteiger partial charge in [-0.3, -0.25) is 0 Å². The first kappa shape index (κ1) is 43.2. The van der Waals surface area contributed by atoms with E-state index in [1.54, 1.807) is 0 Å². The fourth-order valence-electron chi connectivity index (χ4n) is 6.70. The molecule has 0 aliphatic carbocycles. The van der Waals surface area contributed by atoms with E-state index in [-0.39, 0.29) is 0 Å². The number of benzene rings is 1. The summed E-state index contributed by atoms with van der Waals surface area (Å²) in [5.74, 6) is 0. The second kappa shape index (κ2) is 31.4. The minimum atomic E-state index is -3.32. The molecule has 0 amide bonds. The van der Waals surface area contributed by atoms with Crippen LogP contribution in [0.25, 0.3) is 0 Å². The molecule has 0 spiro atoms. The Morgan fingerprint density at radius 2 is 0.778 bits per heavy atom. The van der Waals surface area contributed by atoms with Gasteiger partial charge in [-0.1, -0.05) is 206 Å². The van der Waals surface area contributed by atoms with Crippen LogP contribution in [0.15, 0.2) is 23.1 Å². The molecule has 0 heterocycles. The minimum absolute atomic E-state index is 1.01. The van der Waals surface area contributed by atoms with Crippen LogP contribution in [0.5, 0.6) is 0 Å². The van der Waals surface area contributed by atoms with Crippen LogP contribution in [0, 0.1) is 0 Å². The molecule has 1 aromatic carbocycles. The van der Waals surface area contributed by atoms with E-state index in [0.717, 1.165) is 29.1 Å². The summed E-state index contributed by atoms with van der Waals surface area (Å²) in [7, 11) is 0. The monoisotopic (exact) mass is 682 g/mol. The summed E-state index contributed by atoms with van der Waals surface area (Å²) in [4.78, 5) is 21.1. The van der Waals surface area contributed by atoms with Gasteiger partial charge >= 0.3 is 0 Å². The Labute approximate surface area is 291 Å². The molecule has 0 saturated carbocycles. The zero-order valence-electron chi connectivity index (χ0n) is 30.0. The zero-order chi connectivity index (χ0) is 32.7. The third-order valence-corrected chi connectivity index (χ3v) is 12.3. The van der Waals surface area contributed by atoms with Gasteiger partial charge in [0.15, 0.2) is 0 Å². The number of hydrogen-bond donors (Lipinski definition) is 2. The van der Waals surface area contributed by atoms with Crippen molar-refractivity contribution in [1.29, 1.82) is 0 Å². The van der Waals surface area contributed by atoms with E-state index in [1.807, 2.05) is 0 Å². The van der Waals surface area contributed by atoms with Gasteiger partial charge < -0.3 is 9.79 Å². The van der Waals surface area contributed by atoms with E-state index in [2.05, 4.69) is 32.0 Å². The third kappa shape index (κ3) is 27.8. The van der Waals surface area contributed by atoms with Crippen molar-refractivity contribution >= 4 is 28.9 Å². The minimum Gasteiger partial charge on any atom is -0.337 e. The number of unbranched alkanes of at least 4 members (excludes halogenated alkanes) is 28. The van der Waals surface area contributed by atoms with E-state index in [4.69, 9.17) is 11.8 Å². The van der Waals surface area contributed by atoms with Gasteiger partial charge in [0.2, 0.25) is 5.69 Å². The number of hydrogen-bond acceptors (Lipinski definition) is 2. The first-order valence-electron chi connectivity index (χ1n) is 19.8. The van der Waals surface area contributed by atoms with Crippen molar-refractivity contribution in [1.82, 2.24) is 0 Å². The molecule has 0 unspecified atom stereocenters. The Hall–Kier alpha value is 0.140. The number of aryl methyl sites for hydroxylation is 1. The lowest BCUT2D eigenvalue weighted by Crippen LogP contribution is -1.98. The summed E-state index contributed by atoms with van der Waals surface area (Å²) >= 11 is 6.14. The maximum atomic E-state index is 10.1. The van der Waals surface area contributed by atoms with Crippen LogP contribution < -0.4 is 0 Å². The fourth-order valence-corrected chi connectivity index (χ4v) is 9.45. The van der Waals surface area contributed by atoms with Gasteiger partial charge in [-0.25, -0.2) is 0 Å². The first-order chi connectivity index (χ1) is 22.0. The molecule has 2 nitrogen and oxygen atoms in total. The van der Waals surface area contributed by atoms with Gasteiger partial charge in [0.1, 0.15) is 0 Å². The SMILES string of the molecule is CCCCCCCCCCCCCCCCCc1cccc(SP(O)(O)=S)c1CCCCCCCCCCCCCCCCC. The maximum absolute atomic E-state index is 10.1. The fraction of sp³-hybridized carbons (Fsp3) is 0.850. The molecule has 0 aliphatic heterocycles. The third-order valence-electron chi connectivity index (χ3n) is 9.53. The maximum Gasteiger partial charge on any atom is 0.246 e. The predicted octanol–water partition coefficient (Wildman–Crippen LogP) is 14.8. The lowest BCUT2D eigenvalue weighted by atomic mass is 9.96. The topological polar surface area (TPSA) is 40.5 Å². The van der Waals surface area contributed by atoms with Crippen molar-refractivity contribution < 1.29 is 9.79 Å². The molecule has 0 aromatic heterocycles. The highest BCUT2D eigenvalue weighted by atomic mass is 32.9. The molecule has 1 aromatic rings. The number of rotatable bonds is 34. The summed E-state index contributed by atoms with van der Waals surface area (Å²) < 4.78 is 0. The highest BCUT2D eigenvalue weighted by Crippen LogP contribution is 2.56. The van der Waals surface area contributed by atoms with E-state index < -0.39 is 5.69 Å². The first-order valence-corrected chi connectivity index (χ1v) is 24.0. The molecule has 0 atom stereocenters. The van der Waals surface area contributed by atoms with Crippen molar-refractivity contribution in [2.24, 2.45) is 0 Å². The second-order valence-electron chi connectivity index (χ2n) is 13.9.